The van der Waals surface area contributed by atoms with E-state index in [9.17, 15) is 0 Å². The highest BCUT2D eigenvalue weighted by atomic mass is 16.5. The maximum atomic E-state index is 4.67. The van der Waals surface area contributed by atoms with Gasteiger partial charge < -0.3 is 4.52 Å². The molecule has 0 aliphatic heterocycles. The van der Waals surface area contributed by atoms with E-state index in [2.05, 4.69) is 16.6 Å². The Morgan fingerprint density at radius 2 is 2.71 bits per heavy atom. The van der Waals surface area contributed by atoms with Gasteiger partial charge in [0.25, 0.3) is 0 Å². The second-order valence-corrected chi connectivity index (χ2v) is 1.23. The number of hydrogen-bond acceptors (Lipinski definition) is 2. The summed E-state index contributed by atoms with van der Waals surface area (Å²) < 4.78 is 4.67. The highest BCUT2D eigenvalue weighted by Crippen LogP contribution is 1.94. The SMILES string of the molecule is [CH2]Cc1ccno1. The van der Waals surface area contributed by atoms with Crippen LogP contribution in [0.2, 0.25) is 0 Å². The van der Waals surface area contributed by atoms with Crippen molar-refractivity contribution in [3.63, 3.8) is 0 Å². The summed E-state index contributed by atoms with van der Waals surface area (Å²) in [7, 11) is 0. The second-order valence-electron chi connectivity index (χ2n) is 1.23. The number of hydrogen-bond donors (Lipinski definition) is 0. The molecule has 2 nitrogen and oxygen atoms in total. The molecule has 0 aliphatic carbocycles. The Hall–Kier alpha value is -0.790. The molecule has 1 heterocycles. The molecule has 0 unspecified atom stereocenters. The zero-order valence-corrected chi connectivity index (χ0v) is 3.92. The summed E-state index contributed by atoms with van der Waals surface area (Å²) in [4.78, 5) is 0. The maximum Gasteiger partial charge on any atom is 0.136 e. The Labute approximate surface area is 42.1 Å². The first kappa shape index (κ1) is 4.37. The van der Waals surface area contributed by atoms with Crippen LogP contribution in [0, 0.1) is 6.92 Å². The molecule has 1 aromatic heterocycles. The van der Waals surface area contributed by atoms with Gasteiger partial charge in [0.2, 0.25) is 0 Å². The van der Waals surface area contributed by atoms with Crippen molar-refractivity contribution < 1.29 is 4.52 Å². The largest absolute Gasteiger partial charge is 0.361 e. The first-order chi connectivity index (χ1) is 3.43. The molecule has 0 spiro atoms. The van der Waals surface area contributed by atoms with E-state index < -0.39 is 0 Å². The van der Waals surface area contributed by atoms with Gasteiger partial charge in [-0.3, -0.25) is 0 Å². The monoisotopic (exact) mass is 96.0 g/mol. The highest BCUT2D eigenvalue weighted by molar-refractivity contribution is 4.92. The van der Waals surface area contributed by atoms with E-state index in [1.807, 2.05) is 0 Å². The molecule has 7 heavy (non-hydrogen) atoms. The van der Waals surface area contributed by atoms with Gasteiger partial charge in [-0.25, -0.2) is 0 Å². The van der Waals surface area contributed by atoms with Crippen LogP contribution in [0.5, 0.6) is 0 Å². The van der Waals surface area contributed by atoms with Crippen LogP contribution in [0.15, 0.2) is 16.8 Å². The van der Waals surface area contributed by atoms with Crippen LogP contribution < -0.4 is 0 Å². The van der Waals surface area contributed by atoms with E-state index in [0.29, 0.717) is 6.42 Å². The number of rotatable bonds is 1. The normalized spacial score (nSPS) is 9.29. The number of aromatic nitrogens is 1. The standard InChI is InChI=1S/C5H6NO/c1-2-5-3-4-6-7-5/h3-4H,1-2H2. The van der Waals surface area contributed by atoms with Gasteiger partial charge in [0.05, 0.1) is 6.20 Å². The van der Waals surface area contributed by atoms with Gasteiger partial charge in [0.15, 0.2) is 0 Å². The zero-order chi connectivity index (χ0) is 5.11. The van der Waals surface area contributed by atoms with Gasteiger partial charge in [-0.05, 0) is 6.92 Å². The fourth-order valence-corrected chi connectivity index (χ4v) is 0.371. The van der Waals surface area contributed by atoms with E-state index >= 15 is 0 Å². The van der Waals surface area contributed by atoms with Gasteiger partial charge in [-0.2, -0.15) is 0 Å². The van der Waals surface area contributed by atoms with Gasteiger partial charge >= 0.3 is 0 Å². The summed E-state index contributed by atoms with van der Waals surface area (Å²) in [5.41, 5.74) is 0. The molecular formula is C5H6NO. The Morgan fingerprint density at radius 1 is 1.86 bits per heavy atom. The Balaban J connectivity index is 2.76. The summed E-state index contributed by atoms with van der Waals surface area (Å²) in [6.07, 6.45) is 2.29. The van der Waals surface area contributed by atoms with Gasteiger partial charge in [0, 0.05) is 12.5 Å². The molecule has 0 N–H and O–H groups in total. The molecule has 0 aromatic carbocycles. The lowest BCUT2D eigenvalue weighted by molar-refractivity contribution is 0.390. The average Bonchev–Trinajstić information content (AvgIpc) is 2.14. The third-order valence-electron chi connectivity index (χ3n) is 0.738. The predicted molar refractivity (Wildman–Crippen MR) is 25.6 cm³/mol. The van der Waals surface area contributed by atoms with Crippen molar-refractivity contribution in [3.8, 4) is 0 Å². The molecule has 0 fully saturated rings. The van der Waals surface area contributed by atoms with Crippen LogP contribution in [0.4, 0.5) is 0 Å². The van der Waals surface area contributed by atoms with Crippen molar-refractivity contribution >= 4 is 0 Å². The molecule has 0 saturated heterocycles. The molecule has 0 atom stereocenters. The van der Waals surface area contributed by atoms with Crippen molar-refractivity contribution in [3.05, 3.63) is 24.9 Å². The first-order valence-electron chi connectivity index (χ1n) is 2.12. The lowest BCUT2D eigenvalue weighted by Gasteiger charge is -1.76. The third kappa shape index (κ3) is 0.796. The van der Waals surface area contributed by atoms with Crippen LogP contribution in [-0.4, -0.2) is 5.16 Å². The van der Waals surface area contributed by atoms with E-state index in [1.54, 1.807) is 12.3 Å². The van der Waals surface area contributed by atoms with E-state index in [-0.39, 0.29) is 0 Å². The van der Waals surface area contributed by atoms with E-state index in [4.69, 9.17) is 0 Å². The molecule has 1 aromatic rings. The van der Waals surface area contributed by atoms with Gasteiger partial charge in [0.1, 0.15) is 5.76 Å². The highest BCUT2D eigenvalue weighted by Gasteiger charge is 1.86. The average molecular weight is 96.1 g/mol. The van der Waals surface area contributed by atoms with Crippen LogP contribution in [0.3, 0.4) is 0 Å². The third-order valence-corrected chi connectivity index (χ3v) is 0.738. The van der Waals surface area contributed by atoms with Crippen molar-refractivity contribution in [1.82, 2.24) is 5.16 Å². The van der Waals surface area contributed by atoms with Crippen LogP contribution in [0.25, 0.3) is 0 Å². The van der Waals surface area contributed by atoms with Gasteiger partial charge in [-0.15, -0.1) is 0 Å². The minimum Gasteiger partial charge on any atom is -0.361 e. The zero-order valence-electron chi connectivity index (χ0n) is 3.92. The van der Waals surface area contributed by atoms with Crippen LogP contribution in [-0.2, 0) is 6.42 Å². The molecular weight excluding hydrogens is 90.1 g/mol. The second kappa shape index (κ2) is 1.78. The summed E-state index contributed by atoms with van der Waals surface area (Å²) >= 11 is 0. The quantitative estimate of drug-likeness (QED) is 0.522. The Bertz CT molecular complexity index is 123. The molecule has 0 bridgehead atoms. The van der Waals surface area contributed by atoms with Crippen molar-refractivity contribution in [2.45, 2.75) is 6.42 Å². The fourth-order valence-electron chi connectivity index (χ4n) is 0.371. The molecule has 0 aliphatic rings. The van der Waals surface area contributed by atoms with Crippen molar-refractivity contribution in [2.24, 2.45) is 0 Å². The summed E-state index contributed by atoms with van der Waals surface area (Å²) in [5, 5.41) is 3.48. The van der Waals surface area contributed by atoms with Crippen molar-refractivity contribution in [1.29, 1.82) is 0 Å². The lowest BCUT2D eigenvalue weighted by atomic mass is 10.4. The van der Waals surface area contributed by atoms with E-state index in [0.717, 1.165) is 5.76 Å². The minimum atomic E-state index is 0.681. The number of nitrogens with zero attached hydrogens (tertiary/aromatic N) is 1. The Morgan fingerprint density at radius 3 is 3.00 bits per heavy atom. The molecule has 37 valence electrons. The molecule has 1 rings (SSSR count). The summed E-state index contributed by atoms with van der Waals surface area (Å²) in [6.45, 7) is 3.59. The van der Waals surface area contributed by atoms with Crippen molar-refractivity contribution in [2.75, 3.05) is 0 Å². The molecule has 0 amide bonds. The summed E-state index contributed by atoms with van der Waals surface area (Å²) in [5.74, 6) is 0.833. The molecule has 2 heteroatoms. The first-order valence-corrected chi connectivity index (χ1v) is 2.12. The topological polar surface area (TPSA) is 26.0 Å². The molecule has 0 saturated carbocycles. The Kier molecular flexibility index (Phi) is 1.11. The molecule has 1 radical (unpaired) electrons. The predicted octanol–water partition coefficient (Wildman–Crippen LogP) is 1.05. The summed E-state index contributed by atoms with van der Waals surface area (Å²) in [6, 6.07) is 1.80. The van der Waals surface area contributed by atoms with Crippen LogP contribution >= 0.6 is 0 Å². The lowest BCUT2D eigenvalue weighted by Crippen LogP contribution is -1.68. The maximum absolute atomic E-state index is 4.67. The van der Waals surface area contributed by atoms with Crippen LogP contribution in [0.1, 0.15) is 5.76 Å². The van der Waals surface area contributed by atoms with Gasteiger partial charge in [-0.1, -0.05) is 5.16 Å². The minimum absolute atomic E-state index is 0.681. The smallest absolute Gasteiger partial charge is 0.136 e. The fraction of sp³-hybridized carbons (Fsp3) is 0.200. The van der Waals surface area contributed by atoms with E-state index in [1.165, 1.54) is 0 Å².